The molecule has 1 saturated carbocycles. The van der Waals surface area contributed by atoms with E-state index in [2.05, 4.69) is 0 Å². The monoisotopic (exact) mass is 288 g/mol. The van der Waals surface area contributed by atoms with Gasteiger partial charge in [0.25, 0.3) is 0 Å². The molecule has 0 aromatic heterocycles. The molecule has 0 spiro atoms. The van der Waals surface area contributed by atoms with Crippen LogP contribution in [0.5, 0.6) is 0 Å². The Kier molecular flexibility index (Phi) is 3.44. The second-order valence-electron chi connectivity index (χ2n) is 4.92. The summed E-state index contributed by atoms with van der Waals surface area (Å²) in [5, 5.41) is 0.141. The number of hydrogen-bond donors (Lipinski definition) is 2. The van der Waals surface area contributed by atoms with Crippen molar-refractivity contribution in [2.45, 2.75) is 11.2 Å². The Morgan fingerprint density at radius 3 is 2.06 bits per heavy atom. The average molecular weight is 289 g/mol. The lowest BCUT2D eigenvalue weighted by atomic mass is 9.99. The van der Waals surface area contributed by atoms with Crippen molar-refractivity contribution in [3.63, 3.8) is 0 Å². The number of sulfone groups is 1. The van der Waals surface area contributed by atoms with Gasteiger partial charge in [0.2, 0.25) is 0 Å². The van der Waals surface area contributed by atoms with E-state index in [0.717, 1.165) is 5.56 Å². The topological polar surface area (TPSA) is 86.2 Å². The highest BCUT2D eigenvalue weighted by atomic mass is 35.5. The fourth-order valence-corrected chi connectivity index (χ4v) is 5.04. The van der Waals surface area contributed by atoms with E-state index in [9.17, 15) is 8.42 Å². The van der Waals surface area contributed by atoms with Crippen LogP contribution in [-0.2, 0) is 9.84 Å². The normalized spacial score (nSPS) is 26.0. The van der Waals surface area contributed by atoms with Gasteiger partial charge in [0.05, 0.1) is 5.25 Å². The van der Waals surface area contributed by atoms with Gasteiger partial charge in [-0.1, -0.05) is 23.7 Å². The van der Waals surface area contributed by atoms with Crippen molar-refractivity contribution in [1.29, 1.82) is 0 Å². The predicted molar refractivity (Wildman–Crippen MR) is 73.4 cm³/mol. The SMILES string of the molecule is CS(=O)(=O)[C@@H]1[C@H](c2ccc(Cl)cc2)C1(CN)CN. The molecule has 2 atom stereocenters. The molecule has 0 aliphatic heterocycles. The fraction of sp³-hybridized carbons (Fsp3) is 0.500. The van der Waals surface area contributed by atoms with Gasteiger partial charge in [0, 0.05) is 35.7 Å². The molecule has 1 fully saturated rings. The van der Waals surface area contributed by atoms with E-state index in [4.69, 9.17) is 23.1 Å². The van der Waals surface area contributed by atoms with E-state index < -0.39 is 20.5 Å². The number of rotatable bonds is 4. The lowest BCUT2D eigenvalue weighted by Gasteiger charge is -2.12. The van der Waals surface area contributed by atoms with Crippen molar-refractivity contribution in [3.8, 4) is 0 Å². The maximum absolute atomic E-state index is 11.8. The molecule has 2 rings (SSSR count). The van der Waals surface area contributed by atoms with Gasteiger partial charge in [-0.05, 0) is 17.7 Å². The minimum atomic E-state index is -3.16. The fourth-order valence-electron chi connectivity index (χ4n) is 2.87. The van der Waals surface area contributed by atoms with E-state index in [0.29, 0.717) is 5.02 Å². The summed E-state index contributed by atoms with van der Waals surface area (Å²) < 4.78 is 23.7. The Bertz CT molecular complexity index is 538. The molecule has 100 valence electrons. The Morgan fingerprint density at radius 1 is 1.22 bits per heavy atom. The van der Waals surface area contributed by atoms with Crippen LogP contribution in [0.25, 0.3) is 0 Å². The van der Waals surface area contributed by atoms with Gasteiger partial charge in [-0.25, -0.2) is 8.42 Å². The molecule has 0 amide bonds. The standard InChI is InChI=1S/C12H17ClN2O2S/c1-18(16,17)11-10(12(11,6-14)7-15)8-2-4-9(13)5-3-8/h2-5,10-11H,6-7,14-15H2,1H3/t10-,11+/m0/s1. The Hall–Kier alpha value is -0.620. The van der Waals surface area contributed by atoms with Crippen molar-refractivity contribution in [3.05, 3.63) is 34.9 Å². The molecule has 0 unspecified atom stereocenters. The van der Waals surface area contributed by atoms with Crippen LogP contribution >= 0.6 is 11.6 Å². The van der Waals surface area contributed by atoms with Crippen molar-refractivity contribution in [2.24, 2.45) is 16.9 Å². The third-order valence-electron chi connectivity index (χ3n) is 3.83. The molecule has 1 aromatic rings. The van der Waals surface area contributed by atoms with Crippen LogP contribution < -0.4 is 11.5 Å². The lowest BCUT2D eigenvalue weighted by molar-refractivity contribution is 0.511. The van der Waals surface area contributed by atoms with E-state index in [1.807, 2.05) is 12.1 Å². The van der Waals surface area contributed by atoms with E-state index in [1.54, 1.807) is 12.1 Å². The molecular formula is C12H17ClN2O2S. The molecule has 0 bridgehead atoms. The number of nitrogens with two attached hydrogens (primary N) is 2. The smallest absolute Gasteiger partial charge is 0.151 e. The predicted octanol–water partition coefficient (Wildman–Crippen LogP) is 0.754. The van der Waals surface area contributed by atoms with Gasteiger partial charge in [0.1, 0.15) is 0 Å². The molecule has 6 heteroatoms. The molecule has 4 nitrogen and oxygen atoms in total. The first-order chi connectivity index (χ1) is 8.36. The van der Waals surface area contributed by atoms with Gasteiger partial charge in [-0.15, -0.1) is 0 Å². The first kappa shape index (κ1) is 13.8. The first-order valence-electron chi connectivity index (χ1n) is 5.71. The molecule has 0 saturated heterocycles. The zero-order valence-corrected chi connectivity index (χ0v) is 11.7. The minimum Gasteiger partial charge on any atom is -0.330 e. The summed E-state index contributed by atoms with van der Waals surface area (Å²) in [5.74, 6) is -0.125. The van der Waals surface area contributed by atoms with Gasteiger partial charge < -0.3 is 11.5 Å². The lowest BCUT2D eigenvalue weighted by Crippen LogP contribution is -2.31. The number of halogens is 1. The highest BCUT2D eigenvalue weighted by Gasteiger charge is 2.68. The largest absolute Gasteiger partial charge is 0.330 e. The average Bonchev–Trinajstić information content (AvgIpc) is 3.00. The minimum absolute atomic E-state index is 0.125. The molecule has 4 N–H and O–H groups in total. The number of hydrogen-bond acceptors (Lipinski definition) is 4. The van der Waals surface area contributed by atoms with Gasteiger partial charge in [0.15, 0.2) is 9.84 Å². The molecular weight excluding hydrogens is 272 g/mol. The summed E-state index contributed by atoms with van der Waals surface area (Å²) in [6.07, 6.45) is 1.24. The highest BCUT2D eigenvalue weighted by Crippen LogP contribution is 2.61. The van der Waals surface area contributed by atoms with E-state index >= 15 is 0 Å². The summed E-state index contributed by atoms with van der Waals surface area (Å²) in [5.41, 5.74) is 11.9. The summed E-state index contributed by atoms with van der Waals surface area (Å²) in [7, 11) is -3.16. The Balaban J connectivity index is 2.41. The van der Waals surface area contributed by atoms with E-state index in [1.165, 1.54) is 6.26 Å². The maximum Gasteiger partial charge on any atom is 0.151 e. The molecule has 0 radical (unpaired) electrons. The summed E-state index contributed by atoms with van der Waals surface area (Å²) >= 11 is 5.83. The number of benzene rings is 1. The Labute approximate surface area is 112 Å². The summed E-state index contributed by atoms with van der Waals surface area (Å²) in [6.45, 7) is 0.545. The van der Waals surface area contributed by atoms with Gasteiger partial charge in [-0.2, -0.15) is 0 Å². The van der Waals surface area contributed by atoms with Crippen LogP contribution in [0.1, 0.15) is 11.5 Å². The summed E-state index contributed by atoms with van der Waals surface area (Å²) in [6, 6.07) is 7.20. The molecule has 1 aromatic carbocycles. The molecule has 0 heterocycles. The van der Waals surface area contributed by atoms with Crippen LogP contribution in [0.15, 0.2) is 24.3 Å². The third-order valence-corrected chi connectivity index (χ3v) is 5.75. The first-order valence-corrected chi connectivity index (χ1v) is 8.04. The van der Waals surface area contributed by atoms with Crippen LogP contribution in [0.4, 0.5) is 0 Å². The second kappa shape index (κ2) is 4.49. The Morgan fingerprint density at radius 2 is 1.72 bits per heavy atom. The van der Waals surface area contributed by atoms with Gasteiger partial charge in [-0.3, -0.25) is 0 Å². The van der Waals surface area contributed by atoms with Crippen LogP contribution in [0.3, 0.4) is 0 Å². The highest BCUT2D eigenvalue weighted by molar-refractivity contribution is 7.91. The molecule has 18 heavy (non-hydrogen) atoms. The van der Waals surface area contributed by atoms with Crippen molar-refractivity contribution >= 4 is 21.4 Å². The van der Waals surface area contributed by atoms with Gasteiger partial charge >= 0.3 is 0 Å². The van der Waals surface area contributed by atoms with Crippen molar-refractivity contribution in [2.75, 3.05) is 19.3 Å². The zero-order chi connectivity index (χ0) is 13.6. The third kappa shape index (κ3) is 2.05. The summed E-state index contributed by atoms with van der Waals surface area (Å²) in [4.78, 5) is 0. The van der Waals surface area contributed by atoms with Crippen LogP contribution in [0.2, 0.25) is 5.02 Å². The molecule has 1 aliphatic rings. The van der Waals surface area contributed by atoms with E-state index in [-0.39, 0.29) is 19.0 Å². The van der Waals surface area contributed by atoms with Crippen LogP contribution in [0, 0.1) is 5.41 Å². The van der Waals surface area contributed by atoms with Crippen LogP contribution in [-0.4, -0.2) is 33.0 Å². The quantitative estimate of drug-likeness (QED) is 0.856. The molecule has 1 aliphatic carbocycles. The van der Waals surface area contributed by atoms with Crippen molar-refractivity contribution < 1.29 is 8.42 Å². The zero-order valence-electron chi connectivity index (χ0n) is 10.1. The second-order valence-corrected chi connectivity index (χ2v) is 7.52. The maximum atomic E-state index is 11.8. The van der Waals surface area contributed by atoms with Crippen molar-refractivity contribution in [1.82, 2.24) is 0 Å².